The number of hydrogen-bond acceptors (Lipinski definition) is 4. The smallest absolute Gasteiger partial charge is 0.367 e. The van der Waals surface area contributed by atoms with Crippen molar-refractivity contribution < 1.29 is 13.2 Å². The number of rotatable bonds is 4. The third kappa shape index (κ3) is 3.27. The lowest BCUT2D eigenvalue weighted by Crippen LogP contribution is -2.31. The molecule has 1 aliphatic carbocycles. The molecule has 0 bridgehead atoms. The van der Waals surface area contributed by atoms with E-state index in [0.717, 1.165) is 18.9 Å². The molecule has 7 heteroatoms. The highest BCUT2D eigenvalue weighted by atomic mass is 19.4. The summed E-state index contributed by atoms with van der Waals surface area (Å²) in [6.45, 7) is 1.97. The van der Waals surface area contributed by atoms with Crippen molar-refractivity contribution in [2.45, 2.75) is 38.4 Å². The summed E-state index contributed by atoms with van der Waals surface area (Å²) in [4.78, 5) is 7.44. The molecule has 19 heavy (non-hydrogen) atoms. The van der Waals surface area contributed by atoms with Crippen molar-refractivity contribution in [3.63, 3.8) is 0 Å². The summed E-state index contributed by atoms with van der Waals surface area (Å²) in [7, 11) is 1.49. The molecule has 1 fully saturated rings. The molecule has 0 spiro atoms. The van der Waals surface area contributed by atoms with E-state index < -0.39 is 11.9 Å². The molecule has 0 aromatic carbocycles. The SMILES string of the molecule is CNc1nc(NC(C)C2CCC2)cc(C(F)(F)F)n1. The molecule has 1 atom stereocenters. The second-order valence-corrected chi connectivity index (χ2v) is 4.83. The van der Waals surface area contributed by atoms with Crippen molar-refractivity contribution in [2.75, 3.05) is 17.7 Å². The predicted molar refractivity (Wildman–Crippen MR) is 67.0 cm³/mol. The Morgan fingerprint density at radius 3 is 2.47 bits per heavy atom. The lowest BCUT2D eigenvalue weighted by molar-refractivity contribution is -0.141. The Kier molecular flexibility index (Phi) is 3.82. The maximum Gasteiger partial charge on any atom is 0.433 e. The van der Waals surface area contributed by atoms with Crippen LogP contribution in [0, 0.1) is 5.92 Å². The van der Waals surface area contributed by atoms with Crippen molar-refractivity contribution in [2.24, 2.45) is 5.92 Å². The Balaban J connectivity index is 2.19. The fourth-order valence-electron chi connectivity index (χ4n) is 2.07. The summed E-state index contributed by atoms with van der Waals surface area (Å²) in [5.74, 6) is 0.701. The number of halogens is 3. The highest BCUT2D eigenvalue weighted by Gasteiger charge is 2.34. The van der Waals surface area contributed by atoms with Gasteiger partial charge in [0.05, 0.1) is 0 Å². The van der Waals surface area contributed by atoms with E-state index >= 15 is 0 Å². The Morgan fingerprint density at radius 2 is 2.00 bits per heavy atom. The average Bonchev–Trinajstić information content (AvgIpc) is 2.24. The van der Waals surface area contributed by atoms with Gasteiger partial charge in [0.2, 0.25) is 5.95 Å². The van der Waals surface area contributed by atoms with Crippen LogP contribution in [0.3, 0.4) is 0 Å². The molecule has 0 aliphatic heterocycles. The molecular weight excluding hydrogens is 257 g/mol. The normalized spacial score (nSPS) is 17.7. The van der Waals surface area contributed by atoms with Gasteiger partial charge in [-0.2, -0.15) is 18.2 Å². The number of hydrogen-bond donors (Lipinski definition) is 2. The fourth-order valence-corrected chi connectivity index (χ4v) is 2.07. The molecule has 1 aliphatic rings. The lowest BCUT2D eigenvalue weighted by atomic mass is 9.80. The molecule has 1 heterocycles. The van der Waals surface area contributed by atoms with Gasteiger partial charge >= 0.3 is 6.18 Å². The molecule has 2 rings (SSSR count). The zero-order valence-electron chi connectivity index (χ0n) is 10.9. The summed E-state index contributed by atoms with van der Waals surface area (Å²) in [5, 5.41) is 5.59. The van der Waals surface area contributed by atoms with Crippen molar-refractivity contribution in [3.05, 3.63) is 11.8 Å². The predicted octanol–water partition coefficient (Wildman–Crippen LogP) is 3.14. The van der Waals surface area contributed by atoms with Crippen LogP contribution < -0.4 is 10.6 Å². The van der Waals surface area contributed by atoms with Gasteiger partial charge in [-0.3, -0.25) is 0 Å². The van der Waals surface area contributed by atoms with Gasteiger partial charge < -0.3 is 10.6 Å². The first-order valence-corrected chi connectivity index (χ1v) is 6.30. The zero-order valence-corrected chi connectivity index (χ0v) is 10.9. The molecule has 1 aromatic heterocycles. The Bertz CT molecular complexity index is 443. The standard InChI is InChI=1S/C12H17F3N4/c1-7(8-4-3-5-8)17-10-6-9(12(13,14)15)18-11(16-2)19-10/h6-8H,3-5H2,1-2H3,(H2,16,17,18,19). The van der Waals surface area contributed by atoms with E-state index in [1.54, 1.807) is 0 Å². The van der Waals surface area contributed by atoms with Crippen LogP contribution in [-0.4, -0.2) is 23.1 Å². The van der Waals surface area contributed by atoms with Gasteiger partial charge in [0, 0.05) is 19.2 Å². The van der Waals surface area contributed by atoms with Crippen molar-refractivity contribution >= 4 is 11.8 Å². The first-order valence-electron chi connectivity index (χ1n) is 6.30. The average molecular weight is 274 g/mol. The molecule has 4 nitrogen and oxygen atoms in total. The molecule has 2 N–H and O–H groups in total. The third-order valence-electron chi connectivity index (χ3n) is 3.47. The summed E-state index contributed by atoms with van der Waals surface area (Å²) >= 11 is 0. The van der Waals surface area contributed by atoms with Crippen molar-refractivity contribution in [1.82, 2.24) is 9.97 Å². The molecule has 106 valence electrons. The quantitative estimate of drug-likeness (QED) is 0.885. The van der Waals surface area contributed by atoms with E-state index in [0.29, 0.717) is 5.92 Å². The van der Waals surface area contributed by atoms with Crippen LogP contribution in [0.2, 0.25) is 0 Å². The van der Waals surface area contributed by atoms with Crippen LogP contribution in [0.4, 0.5) is 24.9 Å². The monoisotopic (exact) mass is 274 g/mol. The first kappa shape index (κ1) is 13.9. The highest BCUT2D eigenvalue weighted by molar-refractivity contribution is 5.43. The lowest BCUT2D eigenvalue weighted by Gasteiger charge is -2.32. The summed E-state index contributed by atoms with van der Waals surface area (Å²) < 4.78 is 38.1. The molecule has 0 amide bonds. The third-order valence-corrected chi connectivity index (χ3v) is 3.47. The Hall–Kier alpha value is -1.53. The van der Waals surface area contributed by atoms with Gasteiger partial charge in [0.15, 0.2) is 5.69 Å². The van der Waals surface area contributed by atoms with Gasteiger partial charge in [-0.05, 0) is 25.7 Å². The Labute approximate surface area is 109 Å². The number of nitrogens with zero attached hydrogens (tertiary/aromatic N) is 2. The van der Waals surface area contributed by atoms with Crippen LogP contribution in [-0.2, 0) is 6.18 Å². The van der Waals surface area contributed by atoms with Crippen molar-refractivity contribution in [3.8, 4) is 0 Å². The second kappa shape index (κ2) is 5.22. The fraction of sp³-hybridized carbons (Fsp3) is 0.667. The highest BCUT2D eigenvalue weighted by Crippen LogP contribution is 2.32. The topological polar surface area (TPSA) is 49.8 Å². The van der Waals surface area contributed by atoms with E-state index in [4.69, 9.17) is 0 Å². The van der Waals surface area contributed by atoms with Crippen LogP contribution in [0.25, 0.3) is 0 Å². The van der Waals surface area contributed by atoms with Gasteiger partial charge in [0.1, 0.15) is 5.82 Å². The zero-order chi connectivity index (χ0) is 14.0. The van der Waals surface area contributed by atoms with Crippen LogP contribution in [0.1, 0.15) is 31.9 Å². The largest absolute Gasteiger partial charge is 0.433 e. The number of anilines is 2. The second-order valence-electron chi connectivity index (χ2n) is 4.83. The summed E-state index contributed by atoms with van der Waals surface area (Å²) in [6, 6.07) is 1.07. The summed E-state index contributed by atoms with van der Waals surface area (Å²) in [6.07, 6.45) is -1.05. The molecular formula is C12H17F3N4. The minimum atomic E-state index is -4.47. The Morgan fingerprint density at radius 1 is 1.32 bits per heavy atom. The van der Waals surface area contributed by atoms with E-state index in [1.807, 2.05) is 6.92 Å². The van der Waals surface area contributed by atoms with Crippen LogP contribution in [0.15, 0.2) is 6.07 Å². The van der Waals surface area contributed by atoms with Gasteiger partial charge in [-0.15, -0.1) is 0 Å². The minimum Gasteiger partial charge on any atom is -0.367 e. The van der Waals surface area contributed by atoms with Gasteiger partial charge in [0.25, 0.3) is 0 Å². The molecule has 0 radical (unpaired) electrons. The van der Waals surface area contributed by atoms with E-state index in [2.05, 4.69) is 20.6 Å². The van der Waals surface area contributed by atoms with E-state index in [1.165, 1.54) is 13.5 Å². The summed E-state index contributed by atoms with van der Waals surface area (Å²) in [5.41, 5.74) is -0.935. The molecule has 1 saturated carbocycles. The van der Waals surface area contributed by atoms with Crippen LogP contribution >= 0.6 is 0 Å². The van der Waals surface area contributed by atoms with Crippen LogP contribution in [0.5, 0.6) is 0 Å². The van der Waals surface area contributed by atoms with Gasteiger partial charge in [-0.25, -0.2) is 4.98 Å². The first-order chi connectivity index (χ1) is 8.90. The van der Waals surface area contributed by atoms with Gasteiger partial charge in [-0.1, -0.05) is 6.42 Å². The molecule has 0 saturated heterocycles. The number of alkyl halides is 3. The molecule has 1 unspecified atom stereocenters. The number of aromatic nitrogens is 2. The maximum atomic E-state index is 12.7. The van der Waals surface area contributed by atoms with E-state index in [-0.39, 0.29) is 17.8 Å². The van der Waals surface area contributed by atoms with E-state index in [9.17, 15) is 13.2 Å². The minimum absolute atomic E-state index is 0.0295. The molecule has 1 aromatic rings. The maximum absolute atomic E-state index is 12.7. The van der Waals surface area contributed by atoms with Crippen molar-refractivity contribution in [1.29, 1.82) is 0 Å². The number of nitrogens with one attached hydrogen (secondary N) is 2.